The summed E-state index contributed by atoms with van der Waals surface area (Å²) in [5, 5.41) is 14.4. The van der Waals surface area contributed by atoms with Gasteiger partial charge in [-0.3, -0.25) is 14.6 Å². The van der Waals surface area contributed by atoms with E-state index >= 15 is 4.39 Å². The molecule has 14 nitrogen and oxygen atoms in total. The van der Waals surface area contributed by atoms with Crippen LogP contribution in [0, 0.1) is 11.6 Å². The van der Waals surface area contributed by atoms with Gasteiger partial charge in [-0.2, -0.15) is 26.3 Å². The number of aromatic nitrogens is 7. The van der Waals surface area contributed by atoms with Gasteiger partial charge in [0.15, 0.2) is 11.6 Å². The average molecular weight is 960 g/mol. The number of fused-ring (bicyclic) bond motifs is 2. The topological polar surface area (TPSA) is 169 Å². The van der Waals surface area contributed by atoms with Gasteiger partial charge in [0.25, 0.3) is 5.91 Å². The number of amides is 1. The Balaban J connectivity index is 0.000000201. The maximum Gasteiger partial charge on any atom is 0.432 e. The van der Waals surface area contributed by atoms with E-state index in [1.54, 1.807) is 47.5 Å². The van der Waals surface area contributed by atoms with Crippen molar-refractivity contribution in [3.8, 4) is 23.0 Å². The number of aliphatic hydroxyl groups is 1. The minimum Gasteiger partial charge on any atom is -0.457 e. The van der Waals surface area contributed by atoms with Crippen LogP contribution in [0.25, 0.3) is 33.6 Å². The molecule has 5 N–H and O–H groups in total. The number of ether oxygens (including phenoxy) is 1. The third-order valence-electron chi connectivity index (χ3n) is 9.17. The molecule has 0 unspecified atom stereocenters. The number of aliphatic hydroxyl groups excluding tert-OH is 1. The molecule has 4 aromatic carbocycles. The largest absolute Gasteiger partial charge is 0.457 e. The summed E-state index contributed by atoms with van der Waals surface area (Å²) >= 11 is 3.15. The number of anilines is 4. The molecule has 8 aromatic rings. The summed E-state index contributed by atoms with van der Waals surface area (Å²) in [5.74, 6) is -1.14. The summed E-state index contributed by atoms with van der Waals surface area (Å²) in [6.45, 7) is -0.434. The zero-order valence-corrected chi connectivity index (χ0v) is 34.5. The molecule has 0 aliphatic carbocycles. The number of nitrogens with one attached hydrogen (secondary N) is 4. The van der Waals surface area contributed by atoms with Gasteiger partial charge in [0.05, 0.1) is 64.8 Å². The monoisotopic (exact) mass is 958 g/mol. The Morgan fingerprint density at radius 3 is 2.30 bits per heavy atom. The van der Waals surface area contributed by atoms with E-state index in [2.05, 4.69) is 57.0 Å². The number of benzene rings is 4. The van der Waals surface area contributed by atoms with Crippen LogP contribution in [0.2, 0.25) is 0 Å². The lowest BCUT2D eigenvalue weighted by Crippen LogP contribution is -2.26. The first-order chi connectivity index (χ1) is 30.4. The lowest BCUT2D eigenvalue weighted by molar-refractivity contribution is -0.141. The van der Waals surface area contributed by atoms with E-state index in [9.17, 15) is 35.5 Å². The molecule has 0 saturated heterocycles. The van der Waals surface area contributed by atoms with Crippen molar-refractivity contribution in [1.29, 1.82) is 0 Å². The SMILES string of the molecule is Cn1c(Nc2ccc(C(F)(F)F)cc2)nc2cc(Oc3ccnc(-c4ncc(C(F)(F)F)[nH]4)c3)ccc21.Cn1cnc2c(F)c(Nc3ccc(Br)cc3F)c(C(=O)NOCCO)cc21. The van der Waals surface area contributed by atoms with Crippen LogP contribution in [0.15, 0.2) is 102 Å². The minimum absolute atomic E-state index is 0.0160. The van der Waals surface area contributed by atoms with Crippen LogP contribution in [0.5, 0.6) is 11.5 Å². The Morgan fingerprint density at radius 1 is 0.859 bits per heavy atom. The van der Waals surface area contributed by atoms with Crippen molar-refractivity contribution >= 4 is 66.9 Å². The highest BCUT2D eigenvalue weighted by Crippen LogP contribution is 2.35. The van der Waals surface area contributed by atoms with Gasteiger partial charge in [0, 0.05) is 42.6 Å². The second-order valence-electron chi connectivity index (χ2n) is 13.6. The molecule has 64 heavy (non-hydrogen) atoms. The molecule has 0 bridgehead atoms. The molecule has 4 aromatic heterocycles. The van der Waals surface area contributed by atoms with Crippen LogP contribution >= 0.6 is 15.9 Å². The third-order valence-corrected chi connectivity index (χ3v) is 9.66. The van der Waals surface area contributed by atoms with Gasteiger partial charge < -0.3 is 34.6 Å². The highest BCUT2D eigenvalue weighted by Gasteiger charge is 2.33. The molecule has 0 aliphatic heterocycles. The number of aromatic amines is 1. The number of H-pyrrole nitrogens is 1. The molecule has 0 radical (unpaired) electrons. The standard InChI is InChI=1S/C24H16F6N6O.C17H15BrF2N4O3/c1-36-19-7-6-15(10-17(19)34-22(36)33-14-4-2-13(3-5-14)23(25,26)27)37-16-8-9-31-18(11-16)21-32-12-20(35-21)24(28,29)30;1-24-8-21-16-13(24)7-10(17(26)23-27-5-4-25)15(14(16)20)22-12-3-2-9(18)6-11(12)19/h2-12H,1H3,(H,32,35)(H,33,34);2-3,6-8,22,25H,4-5H2,1H3,(H,23,26). The van der Waals surface area contributed by atoms with E-state index in [4.69, 9.17) is 14.7 Å². The van der Waals surface area contributed by atoms with E-state index in [1.165, 1.54) is 55.0 Å². The molecule has 0 aliphatic rings. The fourth-order valence-electron chi connectivity index (χ4n) is 6.03. The number of pyridine rings is 1. The molecule has 1 amide bonds. The molecule has 0 atom stereocenters. The number of hydrogen-bond donors (Lipinski definition) is 5. The zero-order chi connectivity index (χ0) is 45.9. The number of hydroxylamine groups is 1. The summed E-state index contributed by atoms with van der Waals surface area (Å²) in [6.07, 6.45) is -5.51. The molecule has 4 heterocycles. The molecule has 332 valence electrons. The summed E-state index contributed by atoms with van der Waals surface area (Å²) in [4.78, 5) is 35.7. The summed E-state index contributed by atoms with van der Waals surface area (Å²) in [7, 11) is 3.40. The highest BCUT2D eigenvalue weighted by molar-refractivity contribution is 9.10. The van der Waals surface area contributed by atoms with Crippen molar-refractivity contribution in [1.82, 2.24) is 39.5 Å². The minimum atomic E-state index is -4.56. The van der Waals surface area contributed by atoms with Crippen LogP contribution in [-0.4, -0.2) is 58.3 Å². The number of carbonyl (C=O) groups excluding carboxylic acids is 1. The average Bonchev–Trinajstić information content (AvgIpc) is 3.98. The molecule has 0 spiro atoms. The van der Waals surface area contributed by atoms with E-state index in [1.807, 2.05) is 0 Å². The van der Waals surface area contributed by atoms with Crippen molar-refractivity contribution in [3.63, 3.8) is 0 Å². The van der Waals surface area contributed by atoms with Crippen LogP contribution in [-0.2, 0) is 31.3 Å². The molecule has 23 heteroatoms. The van der Waals surface area contributed by atoms with Crippen molar-refractivity contribution in [2.75, 3.05) is 23.8 Å². The Labute approximate surface area is 364 Å². The van der Waals surface area contributed by atoms with Crippen molar-refractivity contribution in [2.45, 2.75) is 12.4 Å². The number of hydrogen-bond acceptors (Lipinski definition) is 10. The van der Waals surface area contributed by atoms with Crippen molar-refractivity contribution in [3.05, 3.63) is 131 Å². The smallest absolute Gasteiger partial charge is 0.432 e. The number of aryl methyl sites for hydroxylation is 2. The van der Waals surface area contributed by atoms with E-state index in [-0.39, 0.29) is 47.2 Å². The molecular weight excluding hydrogens is 928 g/mol. The second-order valence-corrected chi connectivity index (χ2v) is 14.5. The zero-order valence-electron chi connectivity index (χ0n) is 32.9. The number of rotatable bonds is 11. The number of nitrogens with zero attached hydrogens (tertiary/aromatic N) is 6. The first-order valence-corrected chi connectivity index (χ1v) is 19.2. The van der Waals surface area contributed by atoms with Crippen LogP contribution in [0.4, 0.5) is 58.1 Å². The maximum absolute atomic E-state index is 15.1. The van der Waals surface area contributed by atoms with Crippen LogP contribution in [0.1, 0.15) is 21.6 Å². The summed E-state index contributed by atoms with van der Waals surface area (Å²) < 4.78 is 116. The summed E-state index contributed by atoms with van der Waals surface area (Å²) in [6, 6.07) is 18.3. The van der Waals surface area contributed by atoms with Crippen molar-refractivity contribution < 1.29 is 54.6 Å². The fourth-order valence-corrected chi connectivity index (χ4v) is 6.36. The first kappa shape index (κ1) is 44.9. The number of alkyl halides is 6. The van der Waals surface area contributed by atoms with Crippen LogP contribution < -0.4 is 20.9 Å². The highest BCUT2D eigenvalue weighted by atomic mass is 79.9. The number of imidazole rings is 3. The second kappa shape index (κ2) is 18.3. The first-order valence-electron chi connectivity index (χ1n) is 18.5. The number of carbonyl (C=O) groups is 1. The Bertz CT molecular complexity index is 2970. The fraction of sp³-hybridized carbons (Fsp3) is 0.146. The van der Waals surface area contributed by atoms with Gasteiger partial charge in [0.2, 0.25) is 5.95 Å². The van der Waals surface area contributed by atoms with Gasteiger partial charge in [-0.15, -0.1) is 0 Å². The Kier molecular flexibility index (Phi) is 12.9. The molecular formula is C41H31BrF8N10O4. The third kappa shape index (κ3) is 10.1. The molecule has 8 rings (SSSR count). The summed E-state index contributed by atoms with van der Waals surface area (Å²) in [5.41, 5.74) is 2.28. The van der Waals surface area contributed by atoms with E-state index < -0.39 is 41.2 Å². The molecule has 0 fully saturated rings. The Morgan fingerprint density at radius 2 is 1.61 bits per heavy atom. The van der Waals surface area contributed by atoms with Gasteiger partial charge >= 0.3 is 12.4 Å². The predicted octanol–water partition coefficient (Wildman–Crippen LogP) is 9.94. The van der Waals surface area contributed by atoms with Crippen LogP contribution in [0.3, 0.4) is 0 Å². The van der Waals surface area contributed by atoms with Gasteiger partial charge in [-0.25, -0.2) is 29.2 Å². The lowest BCUT2D eigenvalue weighted by Gasteiger charge is -2.15. The Hall–Kier alpha value is -7.11. The van der Waals surface area contributed by atoms with Gasteiger partial charge in [-0.05, 0) is 66.7 Å². The van der Waals surface area contributed by atoms with Crippen molar-refractivity contribution in [2.24, 2.45) is 14.1 Å². The van der Waals surface area contributed by atoms with E-state index in [0.29, 0.717) is 44.8 Å². The maximum atomic E-state index is 15.1. The normalized spacial score (nSPS) is 11.7. The predicted molar refractivity (Wildman–Crippen MR) is 221 cm³/mol. The lowest BCUT2D eigenvalue weighted by atomic mass is 10.1. The van der Waals surface area contributed by atoms with Gasteiger partial charge in [0.1, 0.15) is 34.2 Å². The quantitative estimate of drug-likeness (QED) is 0.0478. The molecule has 0 saturated carbocycles. The van der Waals surface area contributed by atoms with Gasteiger partial charge in [-0.1, -0.05) is 15.9 Å². The number of halogens is 9. The van der Waals surface area contributed by atoms with E-state index in [0.717, 1.165) is 17.6 Å².